The van der Waals surface area contributed by atoms with Crippen LogP contribution in [0.2, 0.25) is 5.02 Å². The number of carbonyl (C=O) groups is 2. The Hall–Kier alpha value is -2.83. The number of carbonyl (C=O) groups excluding carboxylic acids is 2. The number of aryl methyl sites for hydroxylation is 1. The van der Waals surface area contributed by atoms with E-state index >= 15 is 0 Å². The zero-order chi connectivity index (χ0) is 26.9. The average Bonchev–Trinajstić information content (AvgIpc) is 2.92. The topological polar surface area (TPSA) is 58.6 Å². The highest BCUT2D eigenvalue weighted by atomic mass is 79.9. The molecule has 1 aliphatic carbocycles. The van der Waals surface area contributed by atoms with Crippen LogP contribution in [0.15, 0.2) is 77.3 Å². The number of ether oxygens (including phenoxy) is 1. The van der Waals surface area contributed by atoms with Crippen molar-refractivity contribution in [2.45, 2.75) is 64.1 Å². The summed E-state index contributed by atoms with van der Waals surface area (Å²) in [5.41, 5.74) is 3.10. The van der Waals surface area contributed by atoms with Crippen molar-refractivity contribution in [3.8, 4) is 5.75 Å². The van der Waals surface area contributed by atoms with E-state index in [1.54, 1.807) is 23.1 Å². The molecular weight excluding hydrogens is 564 g/mol. The molecule has 3 aromatic rings. The van der Waals surface area contributed by atoms with Crippen LogP contribution in [0, 0.1) is 6.92 Å². The van der Waals surface area contributed by atoms with Gasteiger partial charge < -0.3 is 15.0 Å². The van der Waals surface area contributed by atoms with E-state index in [1.165, 1.54) is 6.42 Å². The number of nitrogens with zero attached hydrogens (tertiary/aromatic N) is 1. The summed E-state index contributed by atoms with van der Waals surface area (Å²) in [5.74, 6) is 0.144. The Balaban J connectivity index is 1.61. The minimum absolute atomic E-state index is 0.117. The first-order chi connectivity index (χ1) is 18.4. The molecule has 38 heavy (non-hydrogen) atoms. The predicted octanol–water partition coefficient (Wildman–Crippen LogP) is 6.88. The highest BCUT2D eigenvalue weighted by molar-refractivity contribution is 9.10. The van der Waals surface area contributed by atoms with E-state index in [-0.39, 0.29) is 24.5 Å². The molecule has 3 aromatic carbocycles. The first-order valence-electron chi connectivity index (χ1n) is 13.2. The molecule has 1 saturated carbocycles. The van der Waals surface area contributed by atoms with Crippen LogP contribution >= 0.6 is 27.5 Å². The highest BCUT2D eigenvalue weighted by Gasteiger charge is 2.32. The van der Waals surface area contributed by atoms with Gasteiger partial charge in [-0.1, -0.05) is 91.0 Å². The number of amides is 2. The van der Waals surface area contributed by atoms with Crippen molar-refractivity contribution in [2.24, 2.45) is 0 Å². The maximum atomic E-state index is 13.8. The molecule has 0 radical (unpaired) electrons. The Kier molecular flexibility index (Phi) is 10.2. The van der Waals surface area contributed by atoms with Crippen LogP contribution in [0.4, 0.5) is 0 Å². The quantitative estimate of drug-likeness (QED) is 0.277. The van der Waals surface area contributed by atoms with Crippen molar-refractivity contribution >= 4 is 39.3 Å². The smallest absolute Gasteiger partial charge is 0.261 e. The molecule has 0 spiro atoms. The van der Waals surface area contributed by atoms with E-state index in [0.717, 1.165) is 42.4 Å². The average molecular weight is 598 g/mol. The lowest BCUT2D eigenvalue weighted by Gasteiger charge is -2.33. The SMILES string of the molecule is Cc1ccc(CN(C(=O)COc2ccc(Cl)cc2Br)[C@@H](Cc2ccccc2)C(=O)NC2CCCCC2)cc1. The number of halogens is 2. The maximum absolute atomic E-state index is 13.8. The summed E-state index contributed by atoms with van der Waals surface area (Å²) in [6, 6.07) is 22.5. The van der Waals surface area contributed by atoms with E-state index in [9.17, 15) is 9.59 Å². The van der Waals surface area contributed by atoms with Crippen LogP contribution in [0.25, 0.3) is 0 Å². The van der Waals surface area contributed by atoms with Gasteiger partial charge in [0.15, 0.2) is 6.61 Å². The molecule has 0 saturated heterocycles. The molecule has 2 amide bonds. The summed E-state index contributed by atoms with van der Waals surface area (Å²) in [5, 5.41) is 3.83. The minimum atomic E-state index is -0.676. The lowest BCUT2D eigenvalue weighted by Crippen LogP contribution is -2.53. The monoisotopic (exact) mass is 596 g/mol. The number of rotatable bonds is 10. The van der Waals surface area contributed by atoms with E-state index in [4.69, 9.17) is 16.3 Å². The van der Waals surface area contributed by atoms with Crippen LogP contribution in [0.5, 0.6) is 5.75 Å². The van der Waals surface area contributed by atoms with Crippen LogP contribution in [-0.2, 0) is 22.6 Å². The van der Waals surface area contributed by atoms with Gasteiger partial charge >= 0.3 is 0 Å². The molecule has 1 atom stereocenters. The molecule has 0 aliphatic heterocycles. The molecule has 0 bridgehead atoms. The lowest BCUT2D eigenvalue weighted by molar-refractivity contribution is -0.143. The Morgan fingerprint density at radius 1 is 1.00 bits per heavy atom. The lowest BCUT2D eigenvalue weighted by atomic mass is 9.94. The van der Waals surface area contributed by atoms with Crippen LogP contribution in [-0.4, -0.2) is 35.4 Å². The van der Waals surface area contributed by atoms with Gasteiger partial charge in [-0.3, -0.25) is 9.59 Å². The number of hydrogen-bond acceptors (Lipinski definition) is 3. The van der Waals surface area contributed by atoms with Gasteiger partial charge in [-0.15, -0.1) is 0 Å². The van der Waals surface area contributed by atoms with E-state index < -0.39 is 6.04 Å². The van der Waals surface area contributed by atoms with Crippen molar-refractivity contribution in [1.29, 1.82) is 0 Å². The van der Waals surface area contributed by atoms with Crippen LogP contribution < -0.4 is 10.1 Å². The van der Waals surface area contributed by atoms with Crippen molar-refractivity contribution in [2.75, 3.05) is 6.61 Å². The Morgan fingerprint density at radius 2 is 1.71 bits per heavy atom. The van der Waals surface area contributed by atoms with E-state index in [0.29, 0.717) is 28.2 Å². The summed E-state index contributed by atoms with van der Waals surface area (Å²) >= 11 is 9.51. The van der Waals surface area contributed by atoms with Gasteiger partial charge in [0.1, 0.15) is 11.8 Å². The molecule has 4 rings (SSSR count). The standard InChI is InChI=1S/C31H34BrClN2O3/c1-22-12-14-24(15-13-22)20-35(30(36)21-38-29-17-16-25(33)19-27(29)32)28(18-23-8-4-2-5-9-23)31(37)34-26-10-6-3-7-11-26/h2,4-5,8-9,12-17,19,26,28H,3,6-7,10-11,18,20-21H2,1H3,(H,34,37)/t28-/m0/s1. The third kappa shape index (κ3) is 8.08. The molecule has 1 N–H and O–H groups in total. The Morgan fingerprint density at radius 3 is 2.39 bits per heavy atom. The van der Waals surface area contributed by atoms with Gasteiger partial charge in [0.2, 0.25) is 5.91 Å². The third-order valence-electron chi connectivity index (χ3n) is 6.94. The minimum Gasteiger partial charge on any atom is -0.483 e. The van der Waals surface area contributed by atoms with E-state index in [1.807, 2.05) is 61.5 Å². The second-order valence-electron chi connectivity index (χ2n) is 9.92. The Bertz CT molecular complexity index is 1210. The maximum Gasteiger partial charge on any atom is 0.261 e. The summed E-state index contributed by atoms with van der Waals surface area (Å²) in [4.78, 5) is 29.2. The van der Waals surface area contributed by atoms with Gasteiger partial charge in [-0.05, 0) is 65.0 Å². The predicted molar refractivity (Wildman–Crippen MR) is 155 cm³/mol. The number of benzene rings is 3. The molecule has 1 aliphatic rings. The second-order valence-corrected chi connectivity index (χ2v) is 11.2. The fourth-order valence-corrected chi connectivity index (χ4v) is 5.60. The van der Waals surface area contributed by atoms with Crippen molar-refractivity contribution in [1.82, 2.24) is 10.2 Å². The van der Waals surface area contributed by atoms with Gasteiger partial charge in [0.25, 0.3) is 5.91 Å². The highest BCUT2D eigenvalue weighted by Crippen LogP contribution is 2.28. The van der Waals surface area contributed by atoms with Crippen LogP contribution in [0.1, 0.15) is 48.8 Å². The molecule has 0 heterocycles. The fourth-order valence-electron chi connectivity index (χ4n) is 4.80. The fraction of sp³-hybridized carbons (Fsp3) is 0.355. The van der Waals surface area contributed by atoms with E-state index in [2.05, 4.69) is 21.2 Å². The first-order valence-corrected chi connectivity index (χ1v) is 14.3. The summed E-state index contributed by atoms with van der Waals surface area (Å²) < 4.78 is 6.56. The van der Waals surface area contributed by atoms with Gasteiger partial charge in [0, 0.05) is 24.0 Å². The largest absolute Gasteiger partial charge is 0.483 e. The van der Waals surface area contributed by atoms with Gasteiger partial charge in [0.05, 0.1) is 4.47 Å². The third-order valence-corrected chi connectivity index (χ3v) is 7.80. The molecule has 200 valence electrons. The number of nitrogens with one attached hydrogen (secondary N) is 1. The molecular formula is C31H34BrClN2O3. The first kappa shape index (κ1) is 28.2. The summed E-state index contributed by atoms with van der Waals surface area (Å²) in [6.07, 6.45) is 5.80. The molecule has 5 nitrogen and oxygen atoms in total. The molecule has 0 unspecified atom stereocenters. The van der Waals surface area contributed by atoms with Crippen molar-refractivity contribution in [3.63, 3.8) is 0 Å². The van der Waals surface area contributed by atoms with Crippen LogP contribution in [0.3, 0.4) is 0 Å². The van der Waals surface area contributed by atoms with Gasteiger partial charge in [-0.25, -0.2) is 0 Å². The second kappa shape index (κ2) is 13.8. The zero-order valence-corrected chi connectivity index (χ0v) is 24.0. The van der Waals surface area contributed by atoms with Crippen molar-refractivity contribution < 1.29 is 14.3 Å². The summed E-state index contributed by atoms with van der Waals surface area (Å²) in [6.45, 7) is 2.13. The molecule has 7 heteroatoms. The zero-order valence-electron chi connectivity index (χ0n) is 21.7. The number of hydrogen-bond donors (Lipinski definition) is 1. The Labute approximate surface area is 238 Å². The molecule has 1 fully saturated rings. The summed E-state index contributed by atoms with van der Waals surface area (Å²) in [7, 11) is 0. The van der Waals surface area contributed by atoms with Crippen molar-refractivity contribution in [3.05, 3.63) is 99.0 Å². The molecule has 0 aromatic heterocycles. The van der Waals surface area contributed by atoms with Gasteiger partial charge in [-0.2, -0.15) is 0 Å². The normalized spacial score (nSPS) is 14.5.